The number of anilines is 2. The summed E-state index contributed by atoms with van der Waals surface area (Å²) in [7, 11) is -4.56. The number of nitrogens with zero attached hydrogens (tertiary/aromatic N) is 2. The minimum absolute atomic E-state index is 0.205. The van der Waals surface area contributed by atoms with Gasteiger partial charge in [0.15, 0.2) is 5.76 Å². The highest BCUT2D eigenvalue weighted by molar-refractivity contribution is 9.10. The Morgan fingerprint density at radius 2 is 1.65 bits per heavy atom. The molecule has 0 spiro atoms. The molecule has 1 heterocycles. The molecule has 1 N–H and O–H groups in total. The molecule has 0 bridgehead atoms. The quantitative estimate of drug-likeness (QED) is 0.137. The summed E-state index contributed by atoms with van der Waals surface area (Å²) >= 11 is 9.47. The third kappa shape index (κ3) is 7.04. The van der Waals surface area contributed by atoms with Gasteiger partial charge in [-0.05, 0) is 67.7 Å². The van der Waals surface area contributed by atoms with Gasteiger partial charge in [-0.3, -0.25) is 9.46 Å². The van der Waals surface area contributed by atoms with E-state index in [1.165, 1.54) is 0 Å². The third-order valence-corrected chi connectivity index (χ3v) is 8.67. The van der Waals surface area contributed by atoms with Crippen molar-refractivity contribution in [3.8, 4) is 22.5 Å². The summed E-state index contributed by atoms with van der Waals surface area (Å²) in [4.78, 5) is 18.0. The summed E-state index contributed by atoms with van der Waals surface area (Å²) in [5.41, 5.74) is 4.06. The predicted molar refractivity (Wildman–Crippen MR) is 161 cm³/mol. The fourth-order valence-corrected chi connectivity index (χ4v) is 6.14. The number of hydrogen-bond donors (Lipinski definition) is 1. The number of rotatable bonds is 11. The van der Waals surface area contributed by atoms with E-state index < -0.39 is 19.7 Å². The van der Waals surface area contributed by atoms with Crippen molar-refractivity contribution in [2.24, 2.45) is 0 Å². The van der Waals surface area contributed by atoms with Crippen LogP contribution in [-0.2, 0) is 26.7 Å². The van der Waals surface area contributed by atoms with Crippen LogP contribution in [0.5, 0.6) is 0 Å². The minimum Gasteiger partial charge on any atom is -0.478 e. The van der Waals surface area contributed by atoms with Crippen LogP contribution in [0.25, 0.3) is 22.5 Å². The standard InChI is InChI=1S/C30H21BrClF2N2O6P/c31-27-15-19(5-6-22(27)18-43(39,41-33)42-34)17-36(24-13-11-23(32)12-14-24)30-35-16-28(40-30)21-9-7-20(8-10-21)25-3-1-2-4-26(25)29(37)38/h1-16H,17-18H2,(H,37,38). The van der Waals surface area contributed by atoms with Gasteiger partial charge in [-0.2, -0.15) is 0 Å². The normalized spacial score (nSPS) is 11.4. The number of carbonyl (C=O) groups is 1. The van der Waals surface area contributed by atoms with E-state index in [0.717, 1.165) is 22.4 Å². The number of benzene rings is 4. The Kier molecular flexibility index (Phi) is 9.39. The van der Waals surface area contributed by atoms with Gasteiger partial charge in [-0.1, -0.05) is 82.1 Å². The van der Waals surface area contributed by atoms with Gasteiger partial charge in [0, 0.05) is 20.7 Å². The van der Waals surface area contributed by atoms with Crippen molar-refractivity contribution in [2.45, 2.75) is 12.7 Å². The van der Waals surface area contributed by atoms with Crippen molar-refractivity contribution in [1.29, 1.82) is 0 Å². The minimum atomic E-state index is -4.56. The fraction of sp³-hybridized carbons (Fsp3) is 0.0667. The van der Waals surface area contributed by atoms with Gasteiger partial charge in [0.25, 0.3) is 0 Å². The molecule has 1 aromatic heterocycles. The lowest BCUT2D eigenvalue weighted by Gasteiger charge is -2.21. The van der Waals surface area contributed by atoms with Crippen molar-refractivity contribution in [3.05, 3.63) is 123 Å². The van der Waals surface area contributed by atoms with E-state index >= 15 is 0 Å². The summed E-state index contributed by atoms with van der Waals surface area (Å²) in [6.07, 6.45) is 0.967. The Balaban J connectivity index is 1.43. The first-order valence-electron chi connectivity index (χ1n) is 12.6. The van der Waals surface area contributed by atoms with Crippen LogP contribution in [0.15, 0.2) is 106 Å². The number of hydrogen-bond acceptors (Lipinski definition) is 7. The lowest BCUT2D eigenvalue weighted by Crippen LogP contribution is -2.16. The van der Waals surface area contributed by atoms with Crippen LogP contribution in [0, 0.1) is 0 Å². The van der Waals surface area contributed by atoms with Crippen LogP contribution >= 0.6 is 35.1 Å². The molecule has 0 amide bonds. The summed E-state index contributed by atoms with van der Waals surface area (Å²) in [6.45, 7) is 0.266. The van der Waals surface area contributed by atoms with Gasteiger partial charge in [0.2, 0.25) is 0 Å². The molecule has 8 nitrogen and oxygen atoms in total. The van der Waals surface area contributed by atoms with Gasteiger partial charge in [-0.25, -0.2) is 9.78 Å². The Labute approximate surface area is 257 Å². The first kappa shape index (κ1) is 30.6. The van der Waals surface area contributed by atoms with Crippen LogP contribution in [0.3, 0.4) is 0 Å². The second kappa shape index (κ2) is 13.2. The van der Waals surface area contributed by atoms with E-state index in [1.807, 2.05) is 24.3 Å². The maximum absolute atomic E-state index is 12.6. The number of carboxylic acid groups (broad SMARTS) is 1. The molecule has 0 saturated heterocycles. The number of aromatic carboxylic acids is 1. The molecule has 0 aliphatic carbocycles. The first-order valence-corrected chi connectivity index (χ1v) is 15.5. The molecular formula is C30H21BrClF2N2O6P. The van der Waals surface area contributed by atoms with E-state index in [0.29, 0.717) is 26.4 Å². The third-order valence-electron chi connectivity index (χ3n) is 6.53. The van der Waals surface area contributed by atoms with Crippen molar-refractivity contribution in [2.75, 3.05) is 4.90 Å². The van der Waals surface area contributed by atoms with Gasteiger partial charge in [0.05, 0.1) is 24.5 Å². The van der Waals surface area contributed by atoms with Gasteiger partial charge >= 0.3 is 19.6 Å². The van der Waals surface area contributed by atoms with E-state index in [1.54, 1.807) is 77.8 Å². The molecule has 220 valence electrons. The zero-order valence-corrected chi connectivity index (χ0v) is 25.2. The smallest absolute Gasteiger partial charge is 0.399 e. The summed E-state index contributed by atoms with van der Waals surface area (Å²) in [6, 6.07) is 26.3. The van der Waals surface area contributed by atoms with Crippen molar-refractivity contribution in [1.82, 2.24) is 4.98 Å². The first-order chi connectivity index (χ1) is 20.7. The van der Waals surface area contributed by atoms with Crippen LogP contribution in [-0.4, -0.2) is 16.1 Å². The largest absolute Gasteiger partial charge is 0.478 e. The Hall–Kier alpha value is -3.86. The number of halogens is 4. The molecule has 4 aromatic carbocycles. The average Bonchev–Trinajstić information content (AvgIpc) is 3.52. The molecule has 5 aromatic rings. The Bertz CT molecular complexity index is 1800. The zero-order chi connectivity index (χ0) is 30.6. The fourth-order valence-electron chi connectivity index (χ4n) is 4.42. The molecule has 0 fully saturated rings. The monoisotopic (exact) mass is 688 g/mol. The van der Waals surface area contributed by atoms with E-state index in [-0.39, 0.29) is 18.1 Å². The Morgan fingerprint density at radius 3 is 2.30 bits per heavy atom. The van der Waals surface area contributed by atoms with Crippen LogP contribution in [0.4, 0.5) is 20.8 Å². The van der Waals surface area contributed by atoms with E-state index in [9.17, 15) is 23.5 Å². The van der Waals surface area contributed by atoms with Gasteiger partial charge in [0.1, 0.15) is 0 Å². The predicted octanol–water partition coefficient (Wildman–Crippen LogP) is 9.96. The zero-order valence-electron chi connectivity index (χ0n) is 22.0. The highest BCUT2D eigenvalue weighted by atomic mass is 79.9. The number of carboxylic acids is 1. The highest BCUT2D eigenvalue weighted by Gasteiger charge is 2.29. The molecule has 0 unspecified atom stereocenters. The molecule has 0 saturated carbocycles. The van der Waals surface area contributed by atoms with Crippen molar-refractivity contribution < 1.29 is 37.4 Å². The molecule has 43 heavy (non-hydrogen) atoms. The molecular weight excluding hydrogens is 669 g/mol. The molecule has 13 heteroatoms. The molecule has 0 atom stereocenters. The van der Waals surface area contributed by atoms with Crippen molar-refractivity contribution in [3.63, 3.8) is 0 Å². The van der Waals surface area contributed by atoms with E-state index in [4.69, 9.17) is 16.0 Å². The van der Waals surface area contributed by atoms with Gasteiger partial charge in [-0.15, -0.1) is 9.46 Å². The maximum Gasteiger partial charge on any atom is 0.399 e. The maximum atomic E-state index is 12.6. The lowest BCUT2D eigenvalue weighted by atomic mass is 9.98. The lowest BCUT2D eigenvalue weighted by molar-refractivity contribution is -0.0881. The van der Waals surface area contributed by atoms with Gasteiger partial charge < -0.3 is 9.52 Å². The van der Waals surface area contributed by atoms with Crippen LogP contribution in [0.1, 0.15) is 21.5 Å². The van der Waals surface area contributed by atoms with Crippen LogP contribution in [0.2, 0.25) is 5.02 Å². The number of oxazole rings is 1. The molecule has 0 radical (unpaired) electrons. The Morgan fingerprint density at radius 1 is 0.977 bits per heavy atom. The second-order valence-electron chi connectivity index (χ2n) is 9.33. The summed E-state index contributed by atoms with van der Waals surface area (Å²) < 4.78 is 50.1. The summed E-state index contributed by atoms with van der Waals surface area (Å²) in [5, 5.41) is 10.1. The topological polar surface area (TPSA) is 102 Å². The molecule has 0 aliphatic heterocycles. The average molecular weight is 690 g/mol. The van der Waals surface area contributed by atoms with Crippen LogP contribution < -0.4 is 4.90 Å². The highest BCUT2D eigenvalue weighted by Crippen LogP contribution is 2.53. The summed E-state index contributed by atoms with van der Waals surface area (Å²) in [5.74, 6) is -0.525. The second-order valence-corrected chi connectivity index (χ2v) is 12.4. The number of aromatic nitrogens is 1. The SMILES string of the molecule is O=C(O)c1ccccc1-c1ccc(-c2cnc(N(Cc3ccc(CP(=O)(OF)OF)c(Br)c3)c3ccc(Cl)cc3)o2)cc1. The molecule has 5 rings (SSSR count). The van der Waals surface area contributed by atoms with Crippen molar-refractivity contribution >= 4 is 52.8 Å². The van der Waals surface area contributed by atoms with E-state index in [2.05, 4.69) is 30.4 Å². The molecule has 0 aliphatic rings.